The van der Waals surface area contributed by atoms with Gasteiger partial charge in [0.1, 0.15) is 0 Å². The fourth-order valence-electron chi connectivity index (χ4n) is 0.556. The van der Waals surface area contributed by atoms with Crippen molar-refractivity contribution in [2.24, 2.45) is 4.99 Å². The average molecular weight is 135 g/mol. The maximum Gasteiger partial charge on any atom is 0.278 e. The minimum atomic E-state index is -0.145. The van der Waals surface area contributed by atoms with Crippen LogP contribution in [0.4, 0.5) is 0 Å². The molecule has 0 fully saturated rings. The molecule has 0 N–H and O–H groups in total. The molecule has 1 amide bonds. The van der Waals surface area contributed by atoms with Gasteiger partial charge >= 0.3 is 0 Å². The minimum Gasteiger partial charge on any atom is -0.267 e. The predicted molar refractivity (Wildman–Crippen MR) is 38.0 cm³/mol. The molecule has 0 saturated carbocycles. The van der Waals surface area contributed by atoms with Crippen LogP contribution in [0.25, 0.3) is 0 Å². The van der Waals surface area contributed by atoms with Crippen LogP contribution in [0.1, 0.15) is 6.92 Å². The van der Waals surface area contributed by atoms with E-state index in [-0.39, 0.29) is 5.91 Å². The molecule has 0 saturated heterocycles. The highest BCUT2D eigenvalue weighted by Crippen LogP contribution is 2.00. The molecular formula is C7H7N2O+. The molecule has 0 aromatic heterocycles. The lowest BCUT2D eigenvalue weighted by atomic mass is 10.3. The van der Waals surface area contributed by atoms with Crippen LogP contribution in [0.5, 0.6) is 0 Å². The third-order valence-corrected chi connectivity index (χ3v) is 1.05. The number of hydrogen-bond donors (Lipinski definition) is 0. The Morgan fingerprint density at radius 2 is 2.50 bits per heavy atom. The van der Waals surface area contributed by atoms with Crippen LogP contribution in [0, 0.1) is 6.20 Å². The van der Waals surface area contributed by atoms with Crippen molar-refractivity contribution in [3.63, 3.8) is 0 Å². The smallest absolute Gasteiger partial charge is 0.267 e. The van der Waals surface area contributed by atoms with E-state index in [1.54, 1.807) is 6.92 Å². The summed E-state index contributed by atoms with van der Waals surface area (Å²) in [4.78, 5) is 15.9. The number of hydrogen-bond acceptors (Lipinski definition) is 2. The van der Waals surface area contributed by atoms with E-state index in [1.807, 2.05) is 0 Å². The van der Waals surface area contributed by atoms with Gasteiger partial charge < -0.3 is 0 Å². The first-order valence-corrected chi connectivity index (χ1v) is 2.82. The van der Waals surface area contributed by atoms with Gasteiger partial charge in [0, 0.05) is 10.6 Å². The van der Waals surface area contributed by atoms with Gasteiger partial charge in [0.2, 0.25) is 12.4 Å². The normalized spacial score (nSPS) is 13.5. The molecule has 0 atom stereocenters. The topological polar surface area (TPSA) is 32.7 Å². The molecule has 0 unspecified atom stereocenters. The lowest BCUT2D eigenvalue weighted by molar-refractivity contribution is -0.121. The van der Waals surface area contributed by atoms with Crippen LogP contribution >= 0.6 is 0 Å². The Labute approximate surface area is 59.4 Å². The van der Waals surface area contributed by atoms with E-state index in [0.29, 0.717) is 5.57 Å². The molecule has 0 radical (unpaired) electrons. The Hall–Kier alpha value is -1.47. The number of aliphatic imine (C=N–C) groups is 1. The molecule has 50 valence electrons. The first-order chi connectivity index (χ1) is 4.72. The van der Waals surface area contributed by atoms with E-state index in [0.717, 1.165) is 0 Å². The highest BCUT2D eigenvalue weighted by Gasteiger charge is 2.18. The van der Waals surface area contributed by atoms with Crippen LogP contribution in [0.2, 0.25) is 0 Å². The van der Waals surface area contributed by atoms with E-state index in [4.69, 9.17) is 0 Å². The van der Waals surface area contributed by atoms with Crippen molar-refractivity contribution in [3.8, 4) is 0 Å². The molecule has 0 aliphatic carbocycles. The van der Waals surface area contributed by atoms with Crippen LogP contribution in [0.3, 0.4) is 0 Å². The van der Waals surface area contributed by atoms with Gasteiger partial charge in [0.05, 0.1) is 0 Å². The van der Waals surface area contributed by atoms with E-state index in [1.165, 1.54) is 17.4 Å². The molecule has 3 nitrogen and oxygen atoms in total. The maximum atomic E-state index is 11.0. The second kappa shape index (κ2) is 2.42. The Kier molecular flexibility index (Phi) is 1.61. The van der Waals surface area contributed by atoms with Crippen molar-refractivity contribution in [2.75, 3.05) is 0 Å². The summed E-state index contributed by atoms with van der Waals surface area (Å²) in [5.74, 6) is -0.145. The van der Waals surface area contributed by atoms with Gasteiger partial charge in [0.25, 0.3) is 12.2 Å². The molecule has 0 aromatic rings. The summed E-state index contributed by atoms with van der Waals surface area (Å²) in [6.07, 6.45) is 5.39. The lowest BCUT2D eigenvalue weighted by Gasteiger charge is -1.99. The summed E-state index contributed by atoms with van der Waals surface area (Å²) >= 11 is 0. The molecule has 1 aliphatic heterocycles. The minimum absolute atomic E-state index is 0.145. The monoisotopic (exact) mass is 135 g/mol. The summed E-state index contributed by atoms with van der Waals surface area (Å²) in [5, 5.41) is 0. The molecule has 10 heavy (non-hydrogen) atoms. The van der Waals surface area contributed by atoms with Gasteiger partial charge in [-0.15, -0.1) is 0 Å². The molecule has 1 rings (SSSR count). The number of nitrogens with zero attached hydrogens (tertiary/aromatic N) is 2. The molecule has 0 spiro atoms. The highest BCUT2D eigenvalue weighted by molar-refractivity contribution is 6.00. The molecule has 1 heterocycles. The van der Waals surface area contributed by atoms with Crippen molar-refractivity contribution in [1.29, 1.82) is 0 Å². The summed E-state index contributed by atoms with van der Waals surface area (Å²) in [5.41, 5.74) is 0.492. The van der Waals surface area contributed by atoms with Gasteiger partial charge in [-0.1, -0.05) is 6.58 Å². The zero-order chi connectivity index (χ0) is 7.56. The molecule has 1 aliphatic rings. The fraction of sp³-hybridized carbons (Fsp3) is 0.143. The molecule has 3 heteroatoms. The summed E-state index contributed by atoms with van der Waals surface area (Å²) in [7, 11) is 0. The third kappa shape index (κ3) is 1.09. The van der Waals surface area contributed by atoms with E-state index in [9.17, 15) is 4.79 Å². The first-order valence-electron chi connectivity index (χ1n) is 2.82. The largest absolute Gasteiger partial charge is 0.278 e. The van der Waals surface area contributed by atoms with Gasteiger partial charge in [-0.05, 0) is 6.92 Å². The highest BCUT2D eigenvalue weighted by atomic mass is 16.2. The number of rotatable bonds is 1. The molecule has 0 bridgehead atoms. The predicted octanol–water partition coefficient (Wildman–Crippen LogP) is 0.707. The van der Waals surface area contributed by atoms with Crippen LogP contribution in [0.15, 0.2) is 23.3 Å². The summed E-state index contributed by atoms with van der Waals surface area (Å²) in [6, 6.07) is 0. The first kappa shape index (κ1) is 6.65. The Morgan fingerprint density at radius 3 is 2.90 bits per heavy atom. The summed E-state index contributed by atoms with van der Waals surface area (Å²) < 4.78 is 0. The number of carbonyl (C=O) groups excluding carboxylic acids is 1. The van der Waals surface area contributed by atoms with E-state index in [2.05, 4.69) is 17.8 Å². The SMILES string of the molecule is C=C(C)C(=O)N1C=[C+]N=C1. The maximum absolute atomic E-state index is 11.0. The lowest BCUT2D eigenvalue weighted by Crippen LogP contribution is -2.22. The summed E-state index contributed by atoms with van der Waals surface area (Å²) in [6.45, 7) is 5.15. The average Bonchev–Trinajstić information content (AvgIpc) is 2.36. The van der Waals surface area contributed by atoms with Gasteiger partial charge in [0.15, 0.2) is 0 Å². The van der Waals surface area contributed by atoms with E-state index < -0.39 is 0 Å². The Bertz CT molecular complexity index is 216. The second-order valence-electron chi connectivity index (χ2n) is 2.00. The van der Waals surface area contributed by atoms with Gasteiger partial charge in [-0.3, -0.25) is 4.79 Å². The number of amides is 1. The van der Waals surface area contributed by atoms with Crippen LogP contribution in [-0.4, -0.2) is 17.1 Å². The van der Waals surface area contributed by atoms with Crippen LogP contribution < -0.4 is 0 Å². The van der Waals surface area contributed by atoms with Crippen molar-refractivity contribution in [2.45, 2.75) is 6.92 Å². The second-order valence-corrected chi connectivity index (χ2v) is 2.00. The molecular weight excluding hydrogens is 128 g/mol. The van der Waals surface area contributed by atoms with Crippen molar-refractivity contribution < 1.29 is 4.79 Å². The number of carbonyl (C=O) groups is 1. The van der Waals surface area contributed by atoms with Gasteiger partial charge in [-0.25, -0.2) is 0 Å². The van der Waals surface area contributed by atoms with Gasteiger partial charge in [-0.2, -0.15) is 4.90 Å². The molecule has 0 aromatic carbocycles. The zero-order valence-corrected chi connectivity index (χ0v) is 5.66. The van der Waals surface area contributed by atoms with Crippen molar-refractivity contribution in [3.05, 3.63) is 24.6 Å². The fourth-order valence-corrected chi connectivity index (χ4v) is 0.556. The third-order valence-electron chi connectivity index (χ3n) is 1.05. The Morgan fingerprint density at radius 1 is 1.80 bits per heavy atom. The van der Waals surface area contributed by atoms with Crippen molar-refractivity contribution in [1.82, 2.24) is 4.90 Å². The zero-order valence-electron chi connectivity index (χ0n) is 5.66. The van der Waals surface area contributed by atoms with E-state index >= 15 is 0 Å². The quantitative estimate of drug-likeness (QED) is 0.385. The van der Waals surface area contributed by atoms with Crippen molar-refractivity contribution >= 4 is 12.2 Å². The Balaban J connectivity index is 2.67. The standard InChI is InChI=1S/C7H7N2O/c1-6(2)7(10)9-4-3-8-5-9/h4-5H,1H2,2H3/q+1. The van der Waals surface area contributed by atoms with Crippen LogP contribution in [-0.2, 0) is 4.79 Å².